The van der Waals surface area contributed by atoms with Gasteiger partial charge in [0.2, 0.25) is 0 Å². The lowest BCUT2D eigenvalue weighted by molar-refractivity contribution is 0.0925. The molecule has 1 aliphatic heterocycles. The molecule has 0 bridgehead atoms. The van der Waals surface area contributed by atoms with Crippen LogP contribution < -0.4 is 5.32 Å². The van der Waals surface area contributed by atoms with Crippen LogP contribution in [0.5, 0.6) is 0 Å². The van der Waals surface area contributed by atoms with Gasteiger partial charge in [-0.25, -0.2) is 0 Å². The zero-order valence-electron chi connectivity index (χ0n) is 18.9. The van der Waals surface area contributed by atoms with Crippen molar-refractivity contribution in [1.29, 1.82) is 0 Å². The molecule has 1 aromatic carbocycles. The molecule has 4 heteroatoms. The van der Waals surface area contributed by atoms with Crippen LogP contribution in [0.3, 0.4) is 0 Å². The van der Waals surface area contributed by atoms with Crippen molar-refractivity contribution >= 4 is 5.91 Å². The number of carbonyl (C=O) groups excluding carboxylic acids is 1. The van der Waals surface area contributed by atoms with Gasteiger partial charge in [-0.15, -0.1) is 0 Å². The molecule has 1 saturated heterocycles. The van der Waals surface area contributed by atoms with E-state index in [1.165, 1.54) is 61.2 Å². The van der Waals surface area contributed by atoms with E-state index in [1.54, 1.807) is 0 Å². The fraction of sp³-hybridized carbons (Fsp3) is 0.577. The normalized spacial score (nSPS) is 22.0. The van der Waals surface area contributed by atoms with E-state index in [1.807, 2.05) is 12.1 Å². The van der Waals surface area contributed by atoms with Gasteiger partial charge in [-0.3, -0.25) is 9.69 Å². The maximum atomic E-state index is 12.6. The summed E-state index contributed by atoms with van der Waals surface area (Å²) in [6.07, 6.45) is 9.86. The maximum Gasteiger partial charge on any atom is 0.251 e. The molecule has 4 nitrogen and oxygen atoms in total. The highest BCUT2D eigenvalue weighted by molar-refractivity contribution is 5.94. The summed E-state index contributed by atoms with van der Waals surface area (Å²) in [5, 5.41) is 3.11. The number of nitrogens with zero attached hydrogens (tertiary/aromatic N) is 2. The van der Waals surface area contributed by atoms with Crippen molar-refractivity contribution in [3.05, 3.63) is 52.8 Å². The Morgan fingerprint density at radius 1 is 1.03 bits per heavy atom. The van der Waals surface area contributed by atoms with Gasteiger partial charge in [0, 0.05) is 47.8 Å². The lowest BCUT2D eigenvalue weighted by atomic mass is 9.97. The van der Waals surface area contributed by atoms with Crippen molar-refractivity contribution in [2.45, 2.75) is 84.2 Å². The third-order valence-electron chi connectivity index (χ3n) is 7.13. The van der Waals surface area contributed by atoms with Crippen LogP contribution in [-0.2, 0) is 12.8 Å². The van der Waals surface area contributed by atoms with Crippen LogP contribution >= 0.6 is 0 Å². The summed E-state index contributed by atoms with van der Waals surface area (Å²) in [7, 11) is 0. The van der Waals surface area contributed by atoms with Crippen molar-refractivity contribution in [3.8, 4) is 5.69 Å². The number of carbonyl (C=O) groups is 1. The topological polar surface area (TPSA) is 37.3 Å². The van der Waals surface area contributed by atoms with Gasteiger partial charge >= 0.3 is 0 Å². The summed E-state index contributed by atoms with van der Waals surface area (Å²) >= 11 is 0. The van der Waals surface area contributed by atoms with Gasteiger partial charge in [0.25, 0.3) is 5.91 Å². The standard InChI is InChI=1S/C26H37N3O/c1-19-8-6-9-20(2)28(19)17-7-16-27-26(30)22-12-14-24(15-13-22)29-21(3)18-23-10-4-5-11-25(23)29/h12-15,18-20H,4-11,16-17H2,1-3H3,(H,27,30)/t19-,20-/m0/s1. The molecule has 1 amide bonds. The summed E-state index contributed by atoms with van der Waals surface area (Å²) < 4.78 is 2.37. The quantitative estimate of drug-likeness (QED) is 0.681. The predicted octanol–water partition coefficient (Wildman–Crippen LogP) is 5.05. The molecule has 1 fully saturated rings. The third-order valence-corrected chi connectivity index (χ3v) is 7.13. The van der Waals surface area contributed by atoms with Crippen LogP contribution in [0.25, 0.3) is 5.69 Å². The van der Waals surface area contributed by atoms with Gasteiger partial charge in [0.1, 0.15) is 0 Å². The van der Waals surface area contributed by atoms with Gasteiger partial charge < -0.3 is 9.88 Å². The number of benzene rings is 1. The average Bonchev–Trinajstić information content (AvgIpc) is 3.08. The Morgan fingerprint density at radius 3 is 2.47 bits per heavy atom. The molecule has 4 rings (SSSR count). The molecule has 2 atom stereocenters. The first-order chi connectivity index (χ1) is 14.5. The molecule has 1 aliphatic carbocycles. The first kappa shape index (κ1) is 21.2. The number of piperidine rings is 1. The van der Waals surface area contributed by atoms with Crippen LogP contribution in [0.4, 0.5) is 0 Å². The average molecular weight is 408 g/mol. The first-order valence-corrected chi connectivity index (χ1v) is 11.9. The first-order valence-electron chi connectivity index (χ1n) is 11.9. The van der Waals surface area contributed by atoms with Crippen LogP contribution in [-0.4, -0.2) is 40.5 Å². The fourth-order valence-corrected chi connectivity index (χ4v) is 5.46. The molecule has 0 spiro atoms. The molecule has 1 aromatic heterocycles. The Hall–Kier alpha value is -2.07. The molecule has 0 saturated carbocycles. The van der Waals surface area contributed by atoms with Gasteiger partial charge in [0.15, 0.2) is 0 Å². The number of rotatable bonds is 6. The number of aromatic nitrogens is 1. The summed E-state index contributed by atoms with van der Waals surface area (Å²) in [5.41, 5.74) is 6.16. The summed E-state index contributed by atoms with van der Waals surface area (Å²) in [4.78, 5) is 15.2. The van der Waals surface area contributed by atoms with E-state index < -0.39 is 0 Å². The lowest BCUT2D eigenvalue weighted by Crippen LogP contribution is -2.44. The van der Waals surface area contributed by atoms with Crippen molar-refractivity contribution < 1.29 is 4.79 Å². The van der Waals surface area contributed by atoms with Crippen molar-refractivity contribution in [3.63, 3.8) is 0 Å². The molecular formula is C26H37N3O. The van der Waals surface area contributed by atoms with Crippen LogP contribution in [0, 0.1) is 6.92 Å². The number of hydrogen-bond donors (Lipinski definition) is 1. The molecule has 2 heterocycles. The van der Waals surface area contributed by atoms with Crippen LogP contribution in [0.15, 0.2) is 30.3 Å². The second-order valence-electron chi connectivity index (χ2n) is 9.32. The Labute approximate surface area is 181 Å². The van der Waals surface area contributed by atoms with Gasteiger partial charge in [-0.2, -0.15) is 0 Å². The Bertz CT molecular complexity index is 857. The number of likely N-dealkylation sites (tertiary alicyclic amines) is 1. The van der Waals surface area contributed by atoms with Gasteiger partial charge in [0.05, 0.1) is 0 Å². The maximum absolute atomic E-state index is 12.6. The van der Waals surface area contributed by atoms with E-state index in [4.69, 9.17) is 0 Å². The van der Waals surface area contributed by atoms with Crippen LogP contribution in [0.1, 0.15) is 79.7 Å². The minimum absolute atomic E-state index is 0.0348. The Balaban J connectivity index is 1.32. The highest BCUT2D eigenvalue weighted by Crippen LogP contribution is 2.28. The van der Waals surface area contributed by atoms with Gasteiger partial charge in [-0.05, 0) is 102 Å². The van der Waals surface area contributed by atoms with E-state index in [0.29, 0.717) is 12.1 Å². The van der Waals surface area contributed by atoms with Crippen LogP contribution in [0.2, 0.25) is 0 Å². The molecule has 162 valence electrons. The molecule has 30 heavy (non-hydrogen) atoms. The number of hydrogen-bond acceptors (Lipinski definition) is 2. The molecule has 0 unspecified atom stereocenters. The second kappa shape index (κ2) is 9.38. The second-order valence-corrected chi connectivity index (χ2v) is 9.32. The highest BCUT2D eigenvalue weighted by atomic mass is 16.1. The number of amides is 1. The SMILES string of the molecule is Cc1cc2c(n1-c1ccc(C(=O)NCCCN3[C@@H](C)CCC[C@@H]3C)cc1)CCCC2. The summed E-state index contributed by atoms with van der Waals surface area (Å²) in [5.74, 6) is 0.0348. The van der Waals surface area contributed by atoms with E-state index in [-0.39, 0.29) is 5.91 Å². The Morgan fingerprint density at radius 2 is 1.73 bits per heavy atom. The van der Waals surface area contributed by atoms with E-state index in [2.05, 4.69) is 53.8 Å². The zero-order valence-corrected chi connectivity index (χ0v) is 18.9. The van der Waals surface area contributed by atoms with E-state index in [9.17, 15) is 4.79 Å². The Kier molecular flexibility index (Phi) is 6.62. The lowest BCUT2D eigenvalue weighted by Gasteiger charge is -2.39. The molecule has 2 aliphatic rings. The van der Waals surface area contributed by atoms with E-state index >= 15 is 0 Å². The largest absolute Gasteiger partial charge is 0.352 e. The third kappa shape index (κ3) is 4.49. The molecular weight excluding hydrogens is 370 g/mol. The van der Waals surface area contributed by atoms with E-state index in [0.717, 1.165) is 31.5 Å². The molecule has 1 N–H and O–H groups in total. The number of aryl methyl sites for hydroxylation is 2. The summed E-state index contributed by atoms with van der Waals surface area (Å²) in [6.45, 7) is 8.65. The van der Waals surface area contributed by atoms with Gasteiger partial charge in [-0.1, -0.05) is 6.42 Å². The predicted molar refractivity (Wildman–Crippen MR) is 124 cm³/mol. The van der Waals surface area contributed by atoms with Crippen molar-refractivity contribution in [2.24, 2.45) is 0 Å². The minimum Gasteiger partial charge on any atom is -0.352 e. The molecule has 0 radical (unpaired) electrons. The molecule has 2 aromatic rings. The number of fused-ring (bicyclic) bond motifs is 1. The monoisotopic (exact) mass is 407 g/mol. The van der Waals surface area contributed by atoms with Crippen molar-refractivity contribution in [1.82, 2.24) is 14.8 Å². The smallest absolute Gasteiger partial charge is 0.251 e. The highest BCUT2D eigenvalue weighted by Gasteiger charge is 2.23. The summed E-state index contributed by atoms with van der Waals surface area (Å²) in [6, 6.07) is 11.8. The fourth-order valence-electron chi connectivity index (χ4n) is 5.46. The minimum atomic E-state index is 0.0348. The zero-order chi connectivity index (χ0) is 21.1. The van der Waals surface area contributed by atoms with Crippen molar-refractivity contribution in [2.75, 3.05) is 13.1 Å². The number of nitrogens with one attached hydrogen (secondary N) is 1.